The third kappa shape index (κ3) is 3.43. The van der Waals surface area contributed by atoms with Crippen LogP contribution in [0.3, 0.4) is 0 Å². The molecule has 4 rings (SSSR count). The van der Waals surface area contributed by atoms with Gasteiger partial charge in [0, 0.05) is 18.7 Å². The molecular weight excluding hydrogens is 394 g/mol. The molecule has 0 aliphatic carbocycles. The standard InChI is InChI=1S/C21H18F2N4O3/c1-12-19(21(29)27(26(12)2)14-6-4-3-5-7-14)24-20(28)17-11-18(30-25-17)13-8-9-15(22)16(23)10-13/h3-12,19H,1-2H3,(H,24,28). The van der Waals surface area contributed by atoms with Crippen LogP contribution in [0.4, 0.5) is 14.5 Å². The molecule has 2 amide bonds. The Morgan fingerprint density at radius 3 is 2.53 bits per heavy atom. The van der Waals surface area contributed by atoms with Crippen molar-refractivity contribution in [2.24, 2.45) is 0 Å². The summed E-state index contributed by atoms with van der Waals surface area (Å²) in [6.07, 6.45) is 0. The number of likely N-dealkylation sites (N-methyl/N-ethyl adjacent to an activating group) is 1. The first-order chi connectivity index (χ1) is 14.4. The zero-order chi connectivity index (χ0) is 21.4. The zero-order valence-electron chi connectivity index (χ0n) is 16.2. The van der Waals surface area contributed by atoms with Gasteiger partial charge in [-0.2, -0.15) is 0 Å². The van der Waals surface area contributed by atoms with Gasteiger partial charge >= 0.3 is 0 Å². The minimum Gasteiger partial charge on any atom is -0.355 e. The van der Waals surface area contributed by atoms with Gasteiger partial charge in [-0.1, -0.05) is 23.4 Å². The van der Waals surface area contributed by atoms with E-state index in [2.05, 4.69) is 10.5 Å². The summed E-state index contributed by atoms with van der Waals surface area (Å²) in [5, 5.41) is 9.63. The first kappa shape index (κ1) is 19.7. The largest absolute Gasteiger partial charge is 0.355 e. The van der Waals surface area contributed by atoms with Crippen LogP contribution >= 0.6 is 0 Å². The molecule has 1 N–H and O–H groups in total. The summed E-state index contributed by atoms with van der Waals surface area (Å²) < 4.78 is 31.6. The van der Waals surface area contributed by atoms with Gasteiger partial charge in [0.15, 0.2) is 23.1 Å². The van der Waals surface area contributed by atoms with E-state index < -0.39 is 23.6 Å². The van der Waals surface area contributed by atoms with Crippen LogP contribution in [0.25, 0.3) is 11.3 Å². The van der Waals surface area contributed by atoms with Crippen LogP contribution in [-0.2, 0) is 4.79 Å². The van der Waals surface area contributed by atoms with Gasteiger partial charge in [-0.05, 0) is 37.3 Å². The molecule has 1 aliphatic heterocycles. The Labute approximate surface area is 170 Å². The van der Waals surface area contributed by atoms with Crippen molar-refractivity contribution in [3.05, 3.63) is 71.9 Å². The quantitative estimate of drug-likeness (QED) is 0.713. The van der Waals surface area contributed by atoms with Gasteiger partial charge in [0.05, 0.1) is 11.7 Å². The molecule has 2 aromatic carbocycles. The maximum Gasteiger partial charge on any atom is 0.274 e. The van der Waals surface area contributed by atoms with E-state index in [0.29, 0.717) is 5.69 Å². The highest BCUT2D eigenvalue weighted by atomic mass is 19.2. The van der Waals surface area contributed by atoms with Gasteiger partial charge in [0.1, 0.15) is 6.04 Å². The fraction of sp³-hybridized carbons (Fsp3) is 0.190. The van der Waals surface area contributed by atoms with Gasteiger partial charge in [0.2, 0.25) is 0 Å². The number of aromatic nitrogens is 1. The van der Waals surface area contributed by atoms with E-state index in [1.54, 1.807) is 24.2 Å². The Morgan fingerprint density at radius 1 is 1.10 bits per heavy atom. The smallest absolute Gasteiger partial charge is 0.274 e. The van der Waals surface area contributed by atoms with E-state index in [1.165, 1.54) is 17.1 Å². The van der Waals surface area contributed by atoms with Crippen molar-refractivity contribution in [3.63, 3.8) is 0 Å². The monoisotopic (exact) mass is 412 g/mol. The van der Waals surface area contributed by atoms with E-state index in [-0.39, 0.29) is 29.0 Å². The summed E-state index contributed by atoms with van der Waals surface area (Å²) in [4.78, 5) is 25.6. The van der Waals surface area contributed by atoms with E-state index in [0.717, 1.165) is 12.1 Å². The average molecular weight is 412 g/mol. The number of amides is 2. The third-order valence-electron chi connectivity index (χ3n) is 5.10. The van der Waals surface area contributed by atoms with Crippen molar-refractivity contribution in [1.82, 2.24) is 15.5 Å². The molecule has 30 heavy (non-hydrogen) atoms. The molecule has 1 saturated heterocycles. The normalized spacial score (nSPS) is 19.3. The van der Waals surface area contributed by atoms with Crippen LogP contribution in [-0.4, -0.2) is 41.1 Å². The fourth-order valence-electron chi connectivity index (χ4n) is 3.34. The summed E-state index contributed by atoms with van der Waals surface area (Å²) in [5.74, 6) is -2.82. The number of anilines is 1. The highest BCUT2D eigenvalue weighted by molar-refractivity contribution is 6.03. The molecule has 0 saturated carbocycles. The van der Waals surface area contributed by atoms with Crippen LogP contribution in [0, 0.1) is 11.6 Å². The average Bonchev–Trinajstić information content (AvgIpc) is 3.31. The maximum absolute atomic E-state index is 13.4. The van der Waals surface area contributed by atoms with Crippen molar-refractivity contribution in [1.29, 1.82) is 0 Å². The predicted octanol–water partition coefficient (Wildman–Crippen LogP) is 3.00. The molecule has 2 unspecified atom stereocenters. The Bertz CT molecular complexity index is 1100. The molecular formula is C21H18F2N4O3. The van der Waals surface area contributed by atoms with Gasteiger partial charge in [-0.25, -0.2) is 18.8 Å². The number of hydrogen-bond acceptors (Lipinski definition) is 5. The molecule has 2 atom stereocenters. The topological polar surface area (TPSA) is 78.7 Å². The summed E-state index contributed by atoms with van der Waals surface area (Å²) in [5.41, 5.74) is 0.854. The van der Waals surface area contributed by atoms with Crippen LogP contribution in [0.2, 0.25) is 0 Å². The van der Waals surface area contributed by atoms with Crippen LogP contribution in [0.1, 0.15) is 17.4 Å². The van der Waals surface area contributed by atoms with Crippen molar-refractivity contribution in [2.75, 3.05) is 12.1 Å². The van der Waals surface area contributed by atoms with Crippen molar-refractivity contribution in [3.8, 4) is 11.3 Å². The number of para-hydroxylation sites is 1. The molecule has 9 heteroatoms. The second-order valence-corrected chi connectivity index (χ2v) is 6.96. The maximum atomic E-state index is 13.4. The number of rotatable bonds is 4. The first-order valence-corrected chi connectivity index (χ1v) is 9.21. The molecule has 2 heterocycles. The number of nitrogens with zero attached hydrogens (tertiary/aromatic N) is 3. The number of carbonyl (C=O) groups excluding carboxylic acids is 2. The second-order valence-electron chi connectivity index (χ2n) is 6.96. The molecule has 0 bridgehead atoms. The van der Waals surface area contributed by atoms with Gasteiger partial charge in [-0.15, -0.1) is 0 Å². The van der Waals surface area contributed by atoms with Crippen molar-refractivity contribution >= 4 is 17.5 Å². The second kappa shape index (κ2) is 7.68. The van der Waals surface area contributed by atoms with E-state index >= 15 is 0 Å². The minimum atomic E-state index is -1.04. The number of halogens is 2. The molecule has 1 aliphatic rings. The van der Waals surface area contributed by atoms with E-state index in [9.17, 15) is 18.4 Å². The van der Waals surface area contributed by atoms with Crippen LogP contribution < -0.4 is 10.3 Å². The summed E-state index contributed by atoms with van der Waals surface area (Å²) in [7, 11) is 1.76. The molecule has 0 radical (unpaired) electrons. The number of carbonyl (C=O) groups is 2. The lowest BCUT2D eigenvalue weighted by Crippen LogP contribution is -2.45. The van der Waals surface area contributed by atoms with Gasteiger partial charge < -0.3 is 9.84 Å². The summed E-state index contributed by atoms with van der Waals surface area (Å²) in [6, 6.07) is 12.5. The van der Waals surface area contributed by atoms with E-state index in [4.69, 9.17) is 4.52 Å². The lowest BCUT2D eigenvalue weighted by Gasteiger charge is -2.26. The Kier molecular flexibility index (Phi) is 5.04. The van der Waals surface area contributed by atoms with Crippen molar-refractivity contribution < 1.29 is 22.9 Å². The fourth-order valence-corrected chi connectivity index (χ4v) is 3.34. The lowest BCUT2D eigenvalue weighted by atomic mass is 10.1. The first-order valence-electron chi connectivity index (χ1n) is 9.21. The Balaban J connectivity index is 1.52. The van der Waals surface area contributed by atoms with Gasteiger partial charge in [0.25, 0.3) is 11.8 Å². The van der Waals surface area contributed by atoms with Gasteiger partial charge in [-0.3, -0.25) is 9.59 Å². The molecule has 1 aromatic heterocycles. The highest BCUT2D eigenvalue weighted by Crippen LogP contribution is 2.26. The lowest BCUT2D eigenvalue weighted by molar-refractivity contribution is -0.119. The number of hydrazine groups is 1. The summed E-state index contributed by atoms with van der Waals surface area (Å²) in [6.45, 7) is 1.82. The molecule has 3 aromatic rings. The molecule has 0 spiro atoms. The molecule has 1 fully saturated rings. The SMILES string of the molecule is CC1C(NC(=O)c2cc(-c3ccc(F)c(F)c3)on2)C(=O)N(c2ccccc2)N1C. The third-order valence-corrected chi connectivity index (χ3v) is 5.10. The Hall–Kier alpha value is -3.59. The van der Waals surface area contributed by atoms with Crippen LogP contribution in [0.5, 0.6) is 0 Å². The predicted molar refractivity (Wildman–Crippen MR) is 104 cm³/mol. The number of nitrogens with one attached hydrogen (secondary N) is 1. The molecule has 154 valence electrons. The minimum absolute atomic E-state index is 0.0736. The Morgan fingerprint density at radius 2 is 1.83 bits per heavy atom. The number of hydrogen-bond donors (Lipinski definition) is 1. The zero-order valence-corrected chi connectivity index (χ0v) is 16.2. The van der Waals surface area contributed by atoms with Crippen LogP contribution in [0.15, 0.2) is 59.1 Å². The molecule has 7 nitrogen and oxygen atoms in total. The van der Waals surface area contributed by atoms with Crippen molar-refractivity contribution in [2.45, 2.75) is 19.0 Å². The van der Waals surface area contributed by atoms with E-state index in [1.807, 2.05) is 25.1 Å². The summed E-state index contributed by atoms with van der Waals surface area (Å²) >= 11 is 0. The highest BCUT2D eigenvalue weighted by Gasteiger charge is 2.44. The number of benzene rings is 2.